The number of hydrogen-bond acceptors (Lipinski definition) is 15. The third kappa shape index (κ3) is 22.4. The highest BCUT2D eigenvalue weighted by atomic mass is 16.3. The van der Waals surface area contributed by atoms with Crippen molar-refractivity contribution in [1.82, 2.24) is 69.1 Å². The molecule has 0 aromatic rings. The normalized spacial score (nSPS) is 16.9. The van der Waals surface area contributed by atoms with Crippen LogP contribution >= 0.6 is 0 Å². The molecule has 0 radical (unpaired) electrons. The molecule has 0 rings (SSSR count). The predicted octanol–water partition coefficient (Wildman–Crippen LogP) is -7.08. The van der Waals surface area contributed by atoms with Crippen molar-refractivity contribution in [2.24, 2.45) is 0 Å². The summed E-state index contributed by atoms with van der Waals surface area (Å²) in [5, 5.41) is 49.4. The Hall–Kier alpha value is -6.97. The Labute approximate surface area is 406 Å². The van der Waals surface area contributed by atoms with Crippen molar-refractivity contribution in [3.05, 3.63) is 0 Å². The van der Waals surface area contributed by atoms with Gasteiger partial charge < -0.3 is 79.3 Å². The lowest BCUT2D eigenvalue weighted by Crippen LogP contribution is -2.58. The van der Waals surface area contributed by atoms with Crippen LogP contribution in [0.4, 0.5) is 0 Å². The monoisotopic (exact) mass is 1000 g/mol. The molecular formula is C42H73N13O15. The molecule has 0 spiro atoms. The molecule has 0 bridgehead atoms. The second-order valence-corrected chi connectivity index (χ2v) is 17.0. The predicted molar refractivity (Wildman–Crippen MR) is 248 cm³/mol. The maximum absolute atomic E-state index is 12.9. The highest BCUT2D eigenvalue weighted by molar-refractivity contribution is 5.99. The van der Waals surface area contributed by atoms with Crippen molar-refractivity contribution in [1.29, 1.82) is 0 Å². The van der Waals surface area contributed by atoms with E-state index in [0.29, 0.717) is 0 Å². The van der Waals surface area contributed by atoms with Gasteiger partial charge >= 0.3 is 0 Å². The molecule has 13 amide bonds. The molecule has 0 saturated carbocycles. The molecule has 0 aliphatic rings. The average molecular weight is 1000 g/mol. The summed E-state index contributed by atoms with van der Waals surface area (Å²) < 4.78 is 0. The average Bonchev–Trinajstić information content (AvgIpc) is 3.27. The maximum Gasteiger partial charge on any atom is 0.249 e. The Kier molecular flexibility index (Phi) is 26.8. The number of amides is 13. The lowest BCUT2D eigenvalue weighted by atomic mass is 10.2. The zero-order valence-electron chi connectivity index (χ0n) is 42.0. The third-order valence-electron chi connectivity index (χ3n) is 10.1. The number of hydrogen-bond donors (Lipinski definition) is 15. The van der Waals surface area contributed by atoms with Crippen LogP contribution in [-0.2, 0) is 62.3 Å². The van der Waals surface area contributed by atoms with E-state index in [2.05, 4.69) is 69.1 Å². The quantitative estimate of drug-likeness (QED) is 0.0364. The van der Waals surface area contributed by atoms with E-state index in [1.165, 1.54) is 90.0 Å². The van der Waals surface area contributed by atoms with Crippen molar-refractivity contribution < 1.29 is 72.5 Å². The molecule has 14 atom stereocenters. The first-order valence-corrected chi connectivity index (χ1v) is 22.5. The summed E-state index contributed by atoms with van der Waals surface area (Å²) in [5.41, 5.74) is 0. The van der Waals surface area contributed by atoms with Crippen LogP contribution in [0.15, 0.2) is 0 Å². The van der Waals surface area contributed by atoms with Gasteiger partial charge in [-0.2, -0.15) is 0 Å². The minimum absolute atomic E-state index is 0.307. The summed E-state index contributed by atoms with van der Waals surface area (Å²) >= 11 is 0. The zero-order chi connectivity index (χ0) is 54.5. The Morgan fingerprint density at radius 1 is 0.243 bits per heavy atom. The molecule has 0 heterocycles. The van der Waals surface area contributed by atoms with Crippen LogP contribution in [0.2, 0.25) is 0 Å². The summed E-state index contributed by atoms with van der Waals surface area (Å²) in [4.78, 5) is 164. The van der Waals surface area contributed by atoms with Gasteiger partial charge in [-0.1, -0.05) is 0 Å². The topological polar surface area (TPSA) is 419 Å². The van der Waals surface area contributed by atoms with Crippen LogP contribution in [0.25, 0.3) is 0 Å². The van der Waals surface area contributed by atoms with Crippen LogP contribution in [0, 0.1) is 0 Å². The first-order valence-electron chi connectivity index (χ1n) is 22.5. The highest BCUT2D eigenvalue weighted by Gasteiger charge is 2.31. The largest absolute Gasteiger partial charge is 0.394 e. The summed E-state index contributed by atoms with van der Waals surface area (Å²) in [6, 6.07) is -14.6. The van der Waals surface area contributed by atoms with Crippen molar-refractivity contribution >= 4 is 76.8 Å². The molecular weight excluding hydrogens is 927 g/mol. The first kappa shape index (κ1) is 63.0. The summed E-state index contributed by atoms with van der Waals surface area (Å²) in [7, 11) is 0. The SMILES string of the molecule is CC(CO)NC(=O)C(C)NC(=O)C(C)NC(=O)C(C)NC(=O)C(C)NC(=O)C(C)NC(=O)C(C)NC(=O)C(C)NC(=O)C(C)NC(=O)C(C)NC(=O)C(C)NC(=O)C(C)NC(=O)C(C)NC(=O)C(C)O. The van der Waals surface area contributed by atoms with Gasteiger partial charge in [-0.15, -0.1) is 0 Å². The Bertz CT molecular complexity index is 1940. The lowest BCUT2D eigenvalue weighted by molar-refractivity contribution is -0.135. The molecule has 0 fully saturated rings. The number of carbonyl (C=O) groups excluding carboxylic acids is 13. The van der Waals surface area contributed by atoms with Gasteiger partial charge in [0.05, 0.1) is 6.61 Å². The van der Waals surface area contributed by atoms with Gasteiger partial charge in [0.2, 0.25) is 76.8 Å². The Balaban J connectivity index is 4.94. The van der Waals surface area contributed by atoms with Gasteiger partial charge in [-0.25, -0.2) is 0 Å². The fraction of sp³-hybridized carbons (Fsp3) is 0.690. The van der Waals surface area contributed by atoms with Gasteiger partial charge in [0.25, 0.3) is 0 Å². The Morgan fingerprint density at radius 3 is 0.471 bits per heavy atom. The fourth-order valence-electron chi connectivity index (χ4n) is 5.26. The van der Waals surface area contributed by atoms with Gasteiger partial charge in [0.1, 0.15) is 78.6 Å². The molecule has 15 N–H and O–H groups in total. The van der Waals surface area contributed by atoms with E-state index in [9.17, 15) is 67.4 Å². The van der Waals surface area contributed by atoms with Crippen LogP contribution in [-0.4, -0.2) is 178 Å². The molecule has 70 heavy (non-hydrogen) atoms. The van der Waals surface area contributed by atoms with Crippen molar-refractivity contribution in [2.75, 3.05) is 6.61 Å². The van der Waals surface area contributed by atoms with Gasteiger partial charge in [-0.05, 0) is 96.9 Å². The molecule has 0 aliphatic heterocycles. The van der Waals surface area contributed by atoms with Gasteiger partial charge in [-0.3, -0.25) is 62.3 Å². The van der Waals surface area contributed by atoms with E-state index < -0.39 is 161 Å². The minimum atomic E-state index is -1.36. The van der Waals surface area contributed by atoms with Crippen LogP contribution in [0.3, 0.4) is 0 Å². The number of aliphatic hydroxyl groups excluding tert-OH is 2. The lowest BCUT2D eigenvalue weighted by Gasteiger charge is -2.24. The second-order valence-electron chi connectivity index (χ2n) is 17.0. The second kappa shape index (κ2) is 29.8. The van der Waals surface area contributed by atoms with Crippen LogP contribution in [0.5, 0.6) is 0 Å². The molecule has 0 aromatic heterocycles. The van der Waals surface area contributed by atoms with E-state index in [0.717, 1.165) is 0 Å². The first-order chi connectivity index (χ1) is 32.2. The number of nitrogens with one attached hydrogen (secondary N) is 13. The van der Waals surface area contributed by atoms with E-state index in [1.807, 2.05) is 0 Å². The molecule has 0 aromatic carbocycles. The van der Waals surface area contributed by atoms with Crippen LogP contribution < -0.4 is 69.1 Å². The van der Waals surface area contributed by atoms with E-state index >= 15 is 0 Å². The third-order valence-corrected chi connectivity index (χ3v) is 10.1. The van der Waals surface area contributed by atoms with Crippen molar-refractivity contribution in [3.63, 3.8) is 0 Å². The Morgan fingerprint density at radius 2 is 0.357 bits per heavy atom. The standard InChI is InChI=1S/C42H73N13O15/c1-16(15-56)43-30(58)17(2)44-31(59)18(3)45-32(60)19(4)46-33(61)20(5)47-34(62)21(6)48-35(63)22(7)49-36(64)23(8)50-37(65)24(9)51-38(66)25(10)52-39(67)26(11)53-40(68)27(12)54-41(69)28(13)55-42(70)29(14)57/h16-29,56-57H,15H2,1-14H3,(H,43,58)(H,44,59)(H,45,60)(H,46,61)(H,47,62)(H,48,63)(H,49,64)(H,50,65)(H,51,66)(H,52,67)(H,53,68)(H,54,69)(H,55,70). The van der Waals surface area contributed by atoms with Crippen LogP contribution in [0.1, 0.15) is 96.9 Å². The summed E-state index contributed by atoms with van der Waals surface area (Å²) in [6.45, 7) is 18.3. The molecule has 28 heteroatoms. The van der Waals surface area contributed by atoms with Gasteiger partial charge in [0.15, 0.2) is 0 Å². The summed E-state index contributed by atoms with van der Waals surface area (Å²) in [5.74, 6) is -9.96. The van der Waals surface area contributed by atoms with E-state index in [-0.39, 0.29) is 6.61 Å². The fourth-order valence-corrected chi connectivity index (χ4v) is 5.26. The number of aliphatic hydroxyl groups is 2. The molecule has 396 valence electrons. The van der Waals surface area contributed by atoms with E-state index in [4.69, 9.17) is 5.11 Å². The van der Waals surface area contributed by atoms with Crippen molar-refractivity contribution in [2.45, 2.75) is 182 Å². The summed E-state index contributed by atoms with van der Waals surface area (Å²) in [6.07, 6.45) is -1.36. The highest BCUT2D eigenvalue weighted by Crippen LogP contribution is 1.98. The zero-order valence-corrected chi connectivity index (χ0v) is 42.0. The molecule has 28 nitrogen and oxygen atoms in total. The molecule has 0 saturated heterocycles. The number of rotatable bonds is 27. The smallest absolute Gasteiger partial charge is 0.249 e. The minimum Gasteiger partial charge on any atom is -0.394 e. The number of carbonyl (C=O) groups is 13. The van der Waals surface area contributed by atoms with Crippen molar-refractivity contribution in [3.8, 4) is 0 Å². The maximum atomic E-state index is 12.9. The molecule has 14 unspecified atom stereocenters. The van der Waals surface area contributed by atoms with Gasteiger partial charge in [0, 0.05) is 6.04 Å². The van der Waals surface area contributed by atoms with E-state index in [1.54, 1.807) is 6.92 Å². The molecule has 0 aliphatic carbocycles.